The Kier molecular flexibility index (Phi) is 4.32. The summed E-state index contributed by atoms with van der Waals surface area (Å²) >= 11 is 0. The van der Waals surface area contributed by atoms with Gasteiger partial charge in [0.1, 0.15) is 0 Å². The second-order valence-corrected chi connectivity index (χ2v) is 7.89. The number of pyridine rings is 1. The summed E-state index contributed by atoms with van der Waals surface area (Å²) in [6, 6.07) is 9.22. The van der Waals surface area contributed by atoms with Crippen molar-refractivity contribution in [2.45, 2.75) is 25.2 Å². The number of likely N-dealkylation sites (N-methyl/N-ethyl adjacent to an activating group) is 1. The highest BCUT2D eigenvalue weighted by atomic mass is 32.2. The fourth-order valence-corrected chi connectivity index (χ4v) is 3.59. The summed E-state index contributed by atoms with van der Waals surface area (Å²) < 4.78 is 26.0. The number of fused-ring (bicyclic) bond motifs is 1. The zero-order valence-corrected chi connectivity index (χ0v) is 13.3. The second-order valence-electron chi connectivity index (χ2n) is 5.82. The molecule has 0 aliphatic carbocycles. The predicted molar refractivity (Wildman–Crippen MR) is 83.3 cm³/mol. The van der Waals surface area contributed by atoms with E-state index in [-0.39, 0.29) is 12.3 Å². The zero-order valence-electron chi connectivity index (χ0n) is 12.4. The SMILES string of the molecule is CN(CC(C)(C)O)S(=O)(=O)Cc1cccc2cccnc12. The van der Waals surface area contributed by atoms with Gasteiger partial charge in [-0.2, -0.15) is 0 Å². The van der Waals surface area contributed by atoms with Crippen molar-refractivity contribution >= 4 is 20.9 Å². The molecule has 0 saturated heterocycles. The summed E-state index contributed by atoms with van der Waals surface area (Å²) in [5.74, 6) is -0.131. The van der Waals surface area contributed by atoms with Crippen LogP contribution in [0.3, 0.4) is 0 Å². The average molecular weight is 308 g/mol. The monoisotopic (exact) mass is 308 g/mol. The fraction of sp³-hybridized carbons (Fsp3) is 0.400. The van der Waals surface area contributed by atoms with Gasteiger partial charge in [-0.15, -0.1) is 0 Å². The molecule has 0 spiro atoms. The van der Waals surface area contributed by atoms with Crippen LogP contribution in [0.2, 0.25) is 0 Å². The highest BCUT2D eigenvalue weighted by molar-refractivity contribution is 7.88. The topological polar surface area (TPSA) is 70.5 Å². The van der Waals surface area contributed by atoms with Gasteiger partial charge in [0, 0.05) is 25.2 Å². The lowest BCUT2D eigenvalue weighted by molar-refractivity contribution is 0.0639. The van der Waals surface area contributed by atoms with E-state index < -0.39 is 15.6 Å². The first-order valence-electron chi connectivity index (χ1n) is 6.68. The summed E-state index contributed by atoms with van der Waals surface area (Å²) in [4.78, 5) is 4.27. The molecule has 21 heavy (non-hydrogen) atoms. The Morgan fingerprint density at radius 2 is 1.90 bits per heavy atom. The molecule has 2 aromatic rings. The van der Waals surface area contributed by atoms with Gasteiger partial charge in [-0.25, -0.2) is 12.7 Å². The summed E-state index contributed by atoms with van der Waals surface area (Å²) in [6.45, 7) is 3.21. The average Bonchev–Trinajstić information content (AvgIpc) is 2.37. The van der Waals surface area contributed by atoms with Crippen molar-refractivity contribution in [1.29, 1.82) is 0 Å². The standard InChI is InChI=1S/C15H20N2O3S/c1-15(2,18)11-17(3)21(19,20)10-13-7-4-6-12-8-5-9-16-14(12)13/h4-9,18H,10-11H2,1-3H3. The lowest BCUT2D eigenvalue weighted by Gasteiger charge is -2.25. The lowest BCUT2D eigenvalue weighted by Crippen LogP contribution is -2.40. The minimum atomic E-state index is -3.50. The van der Waals surface area contributed by atoms with Crippen molar-refractivity contribution < 1.29 is 13.5 Å². The first-order valence-corrected chi connectivity index (χ1v) is 8.29. The van der Waals surface area contributed by atoms with Crippen molar-refractivity contribution in [2.24, 2.45) is 0 Å². The van der Waals surface area contributed by atoms with Crippen LogP contribution in [0.25, 0.3) is 10.9 Å². The number of aromatic nitrogens is 1. The molecule has 5 nitrogen and oxygen atoms in total. The molecular weight excluding hydrogens is 288 g/mol. The van der Waals surface area contributed by atoms with E-state index in [2.05, 4.69) is 4.98 Å². The van der Waals surface area contributed by atoms with Crippen LogP contribution in [-0.2, 0) is 15.8 Å². The van der Waals surface area contributed by atoms with Crippen LogP contribution in [-0.4, -0.2) is 42.0 Å². The number of benzene rings is 1. The molecule has 1 heterocycles. The molecule has 0 atom stereocenters. The third kappa shape index (κ3) is 4.00. The normalized spacial score (nSPS) is 13.0. The van der Waals surface area contributed by atoms with Gasteiger partial charge in [-0.05, 0) is 25.5 Å². The first kappa shape index (κ1) is 15.9. The molecule has 0 saturated carbocycles. The Hall–Kier alpha value is -1.50. The molecule has 0 bridgehead atoms. The van der Waals surface area contributed by atoms with Crippen molar-refractivity contribution in [1.82, 2.24) is 9.29 Å². The molecular formula is C15H20N2O3S. The van der Waals surface area contributed by atoms with Crippen molar-refractivity contribution in [2.75, 3.05) is 13.6 Å². The van der Waals surface area contributed by atoms with E-state index >= 15 is 0 Å². The lowest BCUT2D eigenvalue weighted by atomic mass is 10.1. The molecule has 1 aromatic carbocycles. The Balaban J connectivity index is 2.31. The maximum absolute atomic E-state index is 12.4. The third-order valence-corrected chi connectivity index (χ3v) is 4.89. The molecule has 6 heteroatoms. The van der Waals surface area contributed by atoms with E-state index in [4.69, 9.17) is 0 Å². The van der Waals surface area contributed by atoms with Crippen molar-refractivity contribution in [3.63, 3.8) is 0 Å². The Labute approximate surface area is 125 Å². The molecule has 0 aliphatic rings. The van der Waals surface area contributed by atoms with Gasteiger partial charge >= 0.3 is 0 Å². The van der Waals surface area contributed by atoms with Gasteiger partial charge in [0.25, 0.3) is 0 Å². The molecule has 0 aliphatic heterocycles. The van der Waals surface area contributed by atoms with Gasteiger partial charge in [0.05, 0.1) is 16.9 Å². The van der Waals surface area contributed by atoms with E-state index in [0.29, 0.717) is 11.1 Å². The van der Waals surface area contributed by atoms with Crippen LogP contribution in [0.5, 0.6) is 0 Å². The van der Waals surface area contributed by atoms with E-state index in [1.54, 1.807) is 26.1 Å². The maximum Gasteiger partial charge on any atom is 0.218 e. The molecule has 0 amide bonds. The van der Waals surface area contributed by atoms with Gasteiger partial charge in [-0.1, -0.05) is 24.3 Å². The Morgan fingerprint density at radius 3 is 2.57 bits per heavy atom. The first-order chi connectivity index (χ1) is 9.69. The number of sulfonamides is 1. The maximum atomic E-state index is 12.4. The predicted octanol–water partition coefficient (Wildman–Crippen LogP) is 1.77. The van der Waals surface area contributed by atoms with Crippen LogP contribution >= 0.6 is 0 Å². The molecule has 0 unspecified atom stereocenters. The van der Waals surface area contributed by atoms with Gasteiger partial charge in [0.15, 0.2) is 0 Å². The minimum absolute atomic E-state index is 0.0491. The largest absolute Gasteiger partial charge is 0.389 e. The minimum Gasteiger partial charge on any atom is -0.389 e. The molecule has 0 fully saturated rings. The van der Waals surface area contributed by atoms with Gasteiger partial charge in [0.2, 0.25) is 10.0 Å². The summed E-state index contributed by atoms with van der Waals surface area (Å²) in [5, 5.41) is 10.7. The fourth-order valence-electron chi connectivity index (χ4n) is 2.23. The van der Waals surface area contributed by atoms with Crippen molar-refractivity contribution in [3.05, 3.63) is 42.1 Å². The smallest absolute Gasteiger partial charge is 0.218 e. The van der Waals surface area contributed by atoms with E-state index in [1.807, 2.05) is 24.3 Å². The van der Waals surface area contributed by atoms with Crippen LogP contribution in [0.15, 0.2) is 36.5 Å². The molecule has 1 aromatic heterocycles. The molecule has 114 valence electrons. The van der Waals surface area contributed by atoms with Crippen molar-refractivity contribution in [3.8, 4) is 0 Å². The van der Waals surface area contributed by atoms with Gasteiger partial charge in [-0.3, -0.25) is 4.98 Å². The quantitative estimate of drug-likeness (QED) is 0.914. The number of hydrogen-bond donors (Lipinski definition) is 1. The second kappa shape index (κ2) is 5.71. The number of rotatable bonds is 5. The molecule has 0 radical (unpaired) electrons. The highest BCUT2D eigenvalue weighted by Gasteiger charge is 2.25. The Morgan fingerprint density at radius 1 is 1.24 bits per heavy atom. The van der Waals surface area contributed by atoms with Crippen LogP contribution in [0.1, 0.15) is 19.4 Å². The Bertz CT molecular complexity index is 731. The number of aliphatic hydroxyl groups is 1. The highest BCUT2D eigenvalue weighted by Crippen LogP contribution is 2.20. The van der Waals surface area contributed by atoms with Gasteiger partial charge < -0.3 is 5.11 Å². The zero-order chi connectivity index (χ0) is 15.7. The number of hydrogen-bond acceptors (Lipinski definition) is 4. The number of nitrogens with zero attached hydrogens (tertiary/aromatic N) is 2. The van der Waals surface area contributed by atoms with E-state index in [0.717, 1.165) is 5.39 Å². The molecule has 1 N–H and O–H groups in total. The third-order valence-electron chi connectivity index (χ3n) is 3.14. The molecule has 2 rings (SSSR count). The summed E-state index contributed by atoms with van der Waals surface area (Å²) in [6.07, 6.45) is 1.65. The van der Waals surface area contributed by atoms with Crippen LogP contribution < -0.4 is 0 Å². The summed E-state index contributed by atoms with van der Waals surface area (Å²) in [5.41, 5.74) is 0.287. The van der Waals surface area contributed by atoms with Crippen LogP contribution in [0.4, 0.5) is 0 Å². The number of para-hydroxylation sites is 1. The van der Waals surface area contributed by atoms with E-state index in [9.17, 15) is 13.5 Å². The summed E-state index contributed by atoms with van der Waals surface area (Å²) in [7, 11) is -2.03. The van der Waals surface area contributed by atoms with E-state index in [1.165, 1.54) is 11.4 Å². The van der Waals surface area contributed by atoms with Crippen LogP contribution in [0, 0.1) is 0 Å².